The van der Waals surface area contributed by atoms with Crippen molar-refractivity contribution in [1.29, 1.82) is 0 Å². The highest BCUT2D eigenvalue weighted by Crippen LogP contribution is 2.35. The van der Waals surface area contributed by atoms with Crippen molar-refractivity contribution < 1.29 is 9.53 Å². The average molecular weight is 436 g/mol. The molecule has 0 aliphatic rings. The zero-order chi connectivity index (χ0) is 19.7. The third-order valence-electron chi connectivity index (χ3n) is 4.48. The van der Waals surface area contributed by atoms with Gasteiger partial charge in [0.25, 0.3) is 5.91 Å². The molecular weight excluding hydrogens is 418 g/mol. The number of pyridine rings is 1. The van der Waals surface area contributed by atoms with E-state index in [1.165, 1.54) is 0 Å². The Morgan fingerprint density at radius 3 is 2.61 bits per heavy atom. The van der Waals surface area contributed by atoms with Gasteiger partial charge in [0.2, 0.25) is 0 Å². The number of hydrogen-bond donors (Lipinski definition) is 1. The molecule has 0 atom stereocenters. The third-order valence-corrected chi connectivity index (χ3v) is 5.01. The normalized spacial score (nSPS) is 10.8. The molecule has 6 heteroatoms. The van der Waals surface area contributed by atoms with Gasteiger partial charge in [0.05, 0.1) is 7.11 Å². The van der Waals surface area contributed by atoms with Gasteiger partial charge in [0.1, 0.15) is 22.9 Å². The van der Waals surface area contributed by atoms with Gasteiger partial charge in [-0.25, -0.2) is 4.98 Å². The van der Waals surface area contributed by atoms with E-state index in [1.807, 2.05) is 66.1 Å². The van der Waals surface area contributed by atoms with Gasteiger partial charge in [0.15, 0.2) is 0 Å². The van der Waals surface area contributed by atoms with E-state index in [0.29, 0.717) is 22.8 Å². The van der Waals surface area contributed by atoms with Crippen molar-refractivity contribution in [1.82, 2.24) is 9.38 Å². The number of imidazole rings is 1. The van der Waals surface area contributed by atoms with Gasteiger partial charge in [-0.1, -0.05) is 28.1 Å². The predicted molar refractivity (Wildman–Crippen MR) is 114 cm³/mol. The van der Waals surface area contributed by atoms with E-state index in [0.717, 1.165) is 21.2 Å². The van der Waals surface area contributed by atoms with Crippen LogP contribution in [0.1, 0.15) is 15.9 Å². The van der Waals surface area contributed by atoms with Crippen molar-refractivity contribution in [2.75, 3.05) is 12.4 Å². The fraction of sp³-hybridized carbons (Fsp3) is 0.0909. The number of amides is 1. The Morgan fingerprint density at radius 2 is 1.86 bits per heavy atom. The Balaban J connectivity index is 1.86. The molecule has 2 aromatic carbocycles. The maximum atomic E-state index is 12.9. The number of nitrogens with zero attached hydrogens (tertiary/aromatic N) is 2. The second kappa shape index (κ2) is 7.48. The van der Waals surface area contributed by atoms with E-state index in [2.05, 4.69) is 21.2 Å². The zero-order valence-electron chi connectivity index (χ0n) is 15.4. The minimum atomic E-state index is -0.203. The summed E-state index contributed by atoms with van der Waals surface area (Å²) in [6.45, 7) is 2.01. The van der Waals surface area contributed by atoms with Crippen LogP contribution >= 0.6 is 15.9 Å². The average Bonchev–Trinajstić information content (AvgIpc) is 3.05. The van der Waals surface area contributed by atoms with Crippen molar-refractivity contribution in [2.45, 2.75) is 6.92 Å². The molecule has 4 aromatic rings. The van der Waals surface area contributed by atoms with E-state index in [-0.39, 0.29) is 5.91 Å². The van der Waals surface area contributed by atoms with E-state index < -0.39 is 0 Å². The van der Waals surface area contributed by atoms with Gasteiger partial charge in [0, 0.05) is 21.8 Å². The summed E-state index contributed by atoms with van der Waals surface area (Å²) in [6.07, 6.45) is 1.91. The number of aromatic nitrogens is 2. The highest BCUT2D eigenvalue weighted by Gasteiger charge is 2.19. The molecule has 2 heterocycles. The molecule has 0 aliphatic carbocycles. The van der Waals surface area contributed by atoms with Gasteiger partial charge in [-0.3, -0.25) is 9.20 Å². The highest BCUT2D eigenvalue weighted by atomic mass is 79.9. The quantitative estimate of drug-likeness (QED) is 0.470. The van der Waals surface area contributed by atoms with E-state index in [1.54, 1.807) is 19.2 Å². The standard InChI is InChI=1S/C22H18BrN3O2/c1-14-11-12-26-19(13-14)24-20(17-5-3-4-6-18(17)28-2)21(26)25-22(27)15-7-9-16(23)10-8-15/h3-13H,1-2H3,(H,25,27). The van der Waals surface area contributed by atoms with E-state index >= 15 is 0 Å². The van der Waals surface area contributed by atoms with Crippen LogP contribution in [-0.4, -0.2) is 22.4 Å². The van der Waals surface area contributed by atoms with E-state index in [9.17, 15) is 4.79 Å². The van der Waals surface area contributed by atoms with Crippen LogP contribution in [0.15, 0.2) is 71.3 Å². The summed E-state index contributed by atoms with van der Waals surface area (Å²) in [7, 11) is 1.62. The zero-order valence-corrected chi connectivity index (χ0v) is 17.0. The maximum absolute atomic E-state index is 12.9. The number of methoxy groups -OCH3 is 1. The Bertz CT molecular complexity index is 1170. The molecule has 0 unspecified atom stereocenters. The Morgan fingerprint density at radius 1 is 1.11 bits per heavy atom. The molecule has 0 fully saturated rings. The lowest BCUT2D eigenvalue weighted by Crippen LogP contribution is -2.14. The first-order valence-corrected chi connectivity index (χ1v) is 9.55. The Hall–Kier alpha value is -3.12. The molecule has 0 saturated carbocycles. The largest absolute Gasteiger partial charge is 0.496 e. The molecular formula is C22H18BrN3O2. The number of carbonyl (C=O) groups is 1. The molecule has 2 aromatic heterocycles. The second-order valence-corrected chi connectivity index (χ2v) is 7.32. The lowest BCUT2D eigenvalue weighted by Gasteiger charge is -2.10. The van der Waals surface area contributed by atoms with Gasteiger partial charge in [-0.15, -0.1) is 0 Å². The van der Waals surface area contributed by atoms with E-state index in [4.69, 9.17) is 9.72 Å². The summed E-state index contributed by atoms with van der Waals surface area (Å²) >= 11 is 3.39. The van der Waals surface area contributed by atoms with Crippen molar-refractivity contribution in [2.24, 2.45) is 0 Å². The molecule has 4 rings (SSSR count). The summed E-state index contributed by atoms with van der Waals surface area (Å²) in [4.78, 5) is 17.6. The monoisotopic (exact) mass is 435 g/mol. The third kappa shape index (κ3) is 3.39. The fourth-order valence-corrected chi connectivity index (χ4v) is 3.34. The van der Waals surface area contributed by atoms with Crippen LogP contribution in [0.25, 0.3) is 16.9 Å². The highest BCUT2D eigenvalue weighted by molar-refractivity contribution is 9.10. The molecule has 28 heavy (non-hydrogen) atoms. The van der Waals surface area contributed by atoms with Crippen LogP contribution in [0, 0.1) is 6.92 Å². The number of halogens is 1. The van der Waals surface area contributed by atoms with Crippen LogP contribution in [0.2, 0.25) is 0 Å². The lowest BCUT2D eigenvalue weighted by molar-refractivity contribution is 0.102. The van der Waals surface area contributed by atoms with Crippen LogP contribution in [0.3, 0.4) is 0 Å². The number of carbonyl (C=O) groups excluding carboxylic acids is 1. The molecule has 140 valence electrons. The first kappa shape index (κ1) is 18.3. The Labute approximate surface area is 171 Å². The maximum Gasteiger partial charge on any atom is 0.256 e. The molecule has 0 spiro atoms. The molecule has 0 radical (unpaired) electrons. The summed E-state index contributed by atoms with van der Waals surface area (Å²) in [5, 5.41) is 3.03. The summed E-state index contributed by atoms with van der Waals surface area (Å²) in [6, 6.07) is 18.8. The predicted octanol–water partition coefficient (Wildman–Crippen LogP) is 5.33. The SMILES string of the molecule is COc1ccccc1-c1nc2cc(C)ccn2c1NC(=O)c1ccc(Br)cc1. The van der Waals surface area contributed by atoms with Crippen molar-refractivity contribution in [3.8, 4) is 17.0 Å². The number of benzene rings is 2. The van der Waals surface area contributed by atoms with Gasteiger partial charge in [-0.2, -0.15) is 0 Å². The molecule has 1 N–H and O–H groups in total. The second-order valence-electron chi connectivity index (χ2n) is 6.40. The van der Waals surface area contributed by atoms with Crippen LogP contribution in [-0.2, 0) is 0 Å². The van der Waals surface area contributed by atoms with Crippen molar-refractivity contribution >= 4 is 33.3 Å². The summed E-state index contributed by atoms with van der Waals surface area (Å²) in [5.74, 6) is 1.10. The topological polar surface area (TPSA) is 55.6 Å². The van der Waals surface area contributed by atoms with Crippen LogP contribution in [0.5, 0.6) is 5.75 Å². The van der Waals surface area contributed by atoms with Crippen LogP contribution in [0.4, 0.5) is 5.82 Å². The Kier molecular flexibility index (Phi) is 4.88. The molecule has 0 saturated heterocycles. The number of para-hydroxylation sites is 1. The summed E-state index contributed by atoms with van der Waals surface area (Å²) < 4.78 is 8.31. The van der Waals surface area contributed by atoms with Gasteiger partial charge < -0.3 is 10.1 Å². The van der Waals surface area contributed by atoms with Gasteiger partial charge in [-0.05, 0) is 61.0 Å². The number of anilines is 1. The minimum Gasteiger partial charge on any atom is -0.496 e. The first-order chi connectivity index (χ1) is 13.6. The number of nitrogens with one attached hydrogen (secondary N) is 1. The molecule has 1 amide bonds. The van der Waals surface area contributed by atoms with Crippen molar-refractivity contribution in [3.05, 3.63) is 82.5 Å². The smallest absolute Gasteiger partial charge is 0.256 e. The van der Waals surface area contributed by atoms with Crippen LogP contribution < -0.4 is 10.1 Å². The van der Waals surface area contributed by atoms with Crippen molar-refractivity contribution in [3.63, 3.8) is 0 Å². The molecule has 5 nitrogen and oxygen atoms in total. The number of aryl methyl sites for hydroxylation is 1. The number of rotatable bonds is 4. The molecule has 0 bridgehead atoms. The number of ether oxygens (including phenoxy) is 1. The molecule has 0 aliphatic heterocycles. The van der Waals surface area contributed by atoms with Gasteiger partial charge >= 0.3 is 0 Å². The number of hydrogen-bond acceptors (Lipinski definition) is 3. The fourth-order valence-electron chi connectivity index (χ4n) is 3.08. The number of fused-ring (bicyclic) bond motifs is 1. The summed E-state index contributed by atoms with van der Waals surface area (Å²) in [5.41, 5.74) is 3.89. The minimum absolute atomic E-state index is 0.203. The first-order valence-electron chi connectivity index (χ1n) is 8.76. The lowest BCUT2D eigenvalue weighted by atomic mass is 10.1.